The highest BCUT2D eigenvalue weighted by molar-refractivity contribution is 5.32. The highest BCUT2D eigenvalue weighted by Gasteiger charge is 2.11. The van der Waals surface area contributed by atoms with Gasteiger partial charge in [0.25, 0.3) is 0 Å². The Balaban J connectivity index is 2.78. The minimum Gasteiger partial charge on any atom is -0.298 e. The zero-order valence-corrected chi connectivity index (χ0v) is 11.4. The summed E-state index contributed by atoms with van der Waals surface area (Å²) in [6, 6.07) is 8.55. The molecule has 0 aromatic heterocycles. The third-order valence-corrected chi connectivity index (χ3v) is 2.74. The van der Waals surface area contributed by atoms with Gasteiger partial charge in [-0.2, -0.15) is 10.5 Å². The van der Waals surface area contributed by atoms with E-state index in [-0.39, 0.29) is 5.82 Å². The highest BCUT2D eigenvalue weighted by Crippen LogP contribution is 2.14. The second-order valence-corrected chi connectivity index (χ2v) is 4.96. The second kappa shape index (κ2) is 7.51. The number of hydrogen-bond acceptors (Lipinski definition) is 3. The molecule has 0 heterocycles. The van der Waals surface area contributed by atoms with Crippen LogP contribution in [0, 0.1) is 34.4 Å². The first kappa shape index (κ1) is 15.1. The van der Waals surface area contributed by atoms with Crippen molar-refractivity contribution in [3.8, 4) is 12.1 Å². The maximum absolute atomic E-state index is 13.8. The average Bonchev–Trinajstić information content (AvgIpc) is 2.37. The van der Waals surface area contributed by atoms with Gasteiger partial charge < -0.3 is 0 Å². The standard InChI is InChI=1S/C15H18FN3/c1-12(2)10-19(7-3-6-17)11-14-5-4-13(9-18)8-15(14)16/h4-5,8,12H,3,7,10-11H2,1-2H3. The second-order valence-electron chi connectivity index (χ2n) is 4.96. The summed E-state index contributed by atoms with van der Waals surface area (Å²) in [5, 5.41) is 17.4. The molecule has 4 heteroatoms. The predicted molar refractivity (Wildman–Crippen MR) is 71.5 cm³/mol. The lowest BCUT2D eigenvalue weighted by Gasteiger charge is -2.23. The van der Waals surface area contributed by atoms with E-state index in [9.17, 15) is 4.39 Å². The van der Waals surface area contributed by atoms with Crippen LogP contribution in [0.4, 0.5) is 4.39 Å². The number of benzene rings is 1. The molecule has 1 aromatic rings. The monoisotopic (exact) mass is 259 g/mol. The Kier molecular flexibility index (Phi) is 5.99. The van der Waals surface area contributed by atoms with Crippen molar-refractivity contribution in [3.63, 3.8) is 0 Å². The van der Waals surface area contributed by atoms with Gasteiger partial charge >= 0.3 is 0 Å². The molecular formula is C15H18FN3. The molecule has 1 rings (SSSR count). The van der Waals surface area contributed by atoms with Crippen LogP contribution in [0.3, 0.4) is 0 Å². The van der Waals surface area contributed by atoms with Gasteiger partial charge in [0, 0.05) is 31.6 Å². The van der Waals surface area contributed by atoms with Crippen LogP contribution in [-0.4, -0.2) is 18.0 Å². The van der Waals surface area contributed by atoms with Crippen LogP contribution in [0.1, 0.15) is 31.4 Å². The van der Waals surface area contributed by atoms with E-state index in [1.54, 1.807) is 12.1 Å². The third kappa shape index (κ3) is 5.07. The van der Waals surface area contributed by atoms with Crippen LogP contribution in [0.5, 0.6) is 0 Å². The molecule has 0 atom stereocenters. The fourth-order valence-electron chi connectivity index (χ4n) is 1.95. The minimum absolute atomic E-state index is 0.327. The van der Waals surface area contributed by atoms with Crippen LogP contribution < -0.4 is 0 Å². The van der Waals surface area contributed by atoms with Crippen LogP contribution in [-0.2, 0) is 6.54 Å². The fraction of sp³-hybridized carbons (Fsp3) is 0.467. The molecule has 19 heavy (non-hydrogen) atoms. The average molecular weight is 259 g/mol. The van der Waals surface area contributed by atoms with Gasteiger partial charge in [0.05, 0.1) is 17.7 Å². The van der Waals surface area contributed by atoms with E-state index in [0.29, 0.717) is 36.6 Å². The molecule has 0 aliphatic carbocycles. The Hall–Kier alpha value is -1.91. The van der Waals surface area contributed by atoms with Gasteiger partial charge in [-0.05, 0) is 18.1 Å². The van der Waals surface area contributed by atoms with E-state index in [1.165, 1.54) is 6.07 Å². The lowest BCUT2D eigenvalue weighted by atomic mass is 10.1. The third-order valence-electron chi connectivity index (χ3n) is 2.74. The van der Waals surface area contributed by atoms with Gasteiger partial charge in [-0.25, -0.2) is 4.39 Å². The Bertz CT molecular complexity index is 497. The molecule has 0 aliphatic heterocycles. The molecule has 0 saturated heterocycles. The highest BCUT2D eigenvalue weighted by atomic mass is 19.1. The first-order valence-electron chi connectivity index (χ1n) is 6.34. The van der Waals surface area contributed by atoms with Crippen molar-refractivity contribution < 1.29 is 4.39 Å². The molecule has 100 valence electrons. The maximum Gasteiger partial charge on any atom is 0.129 e. The Morgan fingerprint density at radius 2 is 2.05 bits per heavy atom. The normalized spacial score (nSPS) is 10.5. The van der Waals surface area contributed by atoms with Crippen LogP contribution >= 0.6 is 0 Å². The summed E-state index contributed by atoms with van der Waals surface area (Å²) in [4.78, 5) is 2.07. The molecule has 0 spiro atoms. The van der Waals surface area contributed by atoms with E-state index in [4.69, 9.17) is 10.5 Å². The van der Waals surface area contributed by atoms with Crippen LogP contribution in [0.25, 0.3) is 0 Å². The summed E-state index contributed by atoms with van der Waals surface area (Å²) >= 11 is 0. The number of nitriles is 2. The topological polar surface area (TPSA) is 50.8 Å². The summed E-state index contributed by atoms with van der Waals surface area (Å²) in [7, 11) is 0. The number of hydrogen-bond donors (Lipinski definition) is 0. The zero-order chi connectivity index (χ0) is 14.3. The van der Waals surface area contributed by atoms with E-state index in [2.05, 4.69) is 24.8 Å². The van der Waals surface area contributed by atoms with Crippen LogP contribution in [0.2, 0.25) is 0 Å². The van der Waals surface area contributed by atoms with E-state index in [0.717, 1.165) is 6.54 Å². The van der Waals surface area contributed by atoms with Crippen molar-refractivity contribution >= 4 is 0 Å². The zero-order valence-electron chi connectivity index (χ0n) is 11.4. The molecular weight excluding hydrogens is 241 g/mol. The first-order valence-corrected chi connectivity index (χ1v) is 6.34. The predicted octanol–water partition coefficient (Wildman–Crippen LogP) is 3.07. The number of nitrogens with zero attached hydrogens (tertiary/aromatic N) is 3. The molecule has 0 radical (unpaired) electrons. The summed E-state index contributed by atoms with van der Waals surface area (Å²) < 4.78 is 13.8. The Morgan fingerprint density at radius 3 is 2.58 bits per heavy atom. The van der Waals surface area contributed by atoms with Crippen molar-refractivity contribution in [1.82, 2.24) is 4.90 Å². The molecule has 3 nitrogen and oxygen atoms in total. The van der Waals surface area contributed by atoms with Crippen molar-refractivity contribution in [2.75, 3.05) is 13.1 Å². The largest absolute Gasteiger partial charge is 0.298 e. The molecule has 0 amide bonds. The van der Waals surface area contributed by atoms with Crippen molar-refractivity contribution in [3.05, 3.63) is 35.1 Å². The summed E-state index contributed by atoms with van der Waals surface area (Å²) in [6.07, 6.45) is 0.435. The van der Waals surface area contributed by atoms with Crippen LogP contribution in [0.15, 0.2) is 18.2 Å². The number of rotatable bonds is 6. The van der Waals surface area contributed by atoms with Gasteiger partial charge in [0.2, 0.25) is 0 Å². The minimum atomic E-state index is -0.357. The van der Waals surface area contributed by atoms with Gasteiger partial charge in [0.15, 0.2) is 0 Å². The van der Waals surface area contributed by atoms with E-state index < -0.39 is 0 Å². The smallest absolute Gasteiger partial charge is 0.129 e. The van der Waals surface area contributed by atoms with Gasteiger partial charge in [-0.3, -0.25) is 4.90 Å². The molecule has 1 aromatic carbocycles. The fourth-order valence-corrected chi connectivity index (χ4v) is 1.95. The Labute approximate surface area is 113 Å². The van der Waals surface area contributed by atoms with Crippen molar-refractivity contribution in [2.45, 2.75) is 26.8 Å². The molecule has 0 saturated carbocycles. The maximum atomic E-state index is 13.8. The lowest BCUT2D eigenvalue weighted by molar-refractivity contribution is 0.238. The molecule has 0 unspecified atom stereocenters. The summed E-state index contributed by atoms with van der Waals surface area (Å²) in [5.74, 6) is 0.102. The van der Waals surface area contributed by atoms with Crippen molar-refractivity contribution in [1.29, 1.82) is 10.5 Å². The molecule has 0 bridgehead atoms. The lowest BCUT2D eigenvalue weighted by Crippen LogP contribution is -2.28. The molecule has 0 fully saturated rings. The Morgan fingerprint density at radius 1 is 1.32 bits per heavy atom. The molecule has 0 N–H and O–H groups in total. The number of halogens is 1. The van der Waals surface area contributed by atoms with E-state index >= 15 is 0 Å². The van der Waals surface area contributed by atoms with Gasteiger partial charge in [-0.15, -0.1) is 0 Å². The SMILES string of the molecule is CC(C)CN(CCC#N)Cc1ccc(C#N)cc1F. The van der Waals surface area contributed by atoms with Crippen molar-refractivity contribution in [2.24, 2.45) is 5.92 Å². The van der Waals surface area contributed by atoms with Gasteiger partial charge in [0.1, 0.15) is 5.82 Å². The quantitative estimate of drug-likeness (QED) is 0.789. The first-order chi connectivity index (χ1) is 9.06. The van der Waals surface area contributed by atoms with E-state index in [1.807, 2.05) is 6.07 Å². The molecule has 0 aliphatic rings. The van der Waals surface area contributed by atoms with Gasteiger partial charge in [-0.1, -0.05) is 19.9 Å². The summed E-state index contributed by atoms with van der Waals surface area (Å²) in [6.45, 7) is 6.11. The summed E-state index contributed by atoms with van der Waals surface area (Å²) in [5.41, 5.74) is 0.895.